The van der Waals surface area contributed by atoms with Crippen molar-refractivity contribution in [3.63, 3.8) is 0 Å². The minimum atomic E-state index is -0.0496. The van der Waals surface area contributed by atoms with Gasteiger partial charge in [-0.25, -0.2) is 0 Å². The maximum Gasteiger partial charge on any atom is 0.251 e. The highest BCUT2D eigenvalue weighted by Gasteiger charge is 2.07. The summed E-state index contributed by atoms with van der Waals surface area (Å²) in [5, 5.41) is 6.47. The molecule has 0 radical (unpaired) electrons. The normalized spacial score (nSPS) is 10.4. The van der Waals surface area contributed by atoms with Crippen LogP contribution in [0.5, 0.6) is 0 Å². The van der Waals surface area contributed by atoms with Crippen LogP contribution in [0.1, 0.15) is 39.5 Å². The van der Waals surface area contributed by atoms with E-state index in [0.717, 1.165) is 23.2 Å². The third kappa shape index (κ3) is 5.20. The number of hydrogen-bond acceptors (Lipinski definition) is 2. The van der Waals surface area contributed by atoms with Crippen molar-refractivity contribution in [1.29, 1.82) is 0 Å². The van der Waals surface area contributed by atoms with Crippen molar-refractivity contribution in [2.75, 3.05) is 5.32 Å². The number of rotatable bonds is 7. The second-order valence-electron chi connectivity index (χ2n) is 6.73. The fraction of sp³-hybridized carbons (Fsp3) is 0.208. The molecule has 0 atom stereocenters. The number of benzene rings is 3. The summed E-state index contributed by atoms with van der Waals surface area (Å²) in [6, 6.07) is 24.3. The van der Waals surface area contributed by atoms with E-state index in [0.29, 0.717) is 18.7 Å². The van der Waals surface area contributed by atoms with E-state index < -0.39 is 0 Å². The largest absolute Gasteiger partial charge is 0.381 e. The molecule has 0 aliphatic heterocycles. The maximum atomic E-state index is 12.5. The molecule has 1 amide bonds. The molecule has 0 unspecified atom stereocenters. The predicted octanol–water partition coefficient (Wildman–Crippen LogP) is 5.10. The molecule has 3 aromatic carbocycles. The lowest BCUT2D eigenvalue weighted by molar-refractivity contribution is 0.0951. The highest BCUT2D eigenvalue weighted by Crippen LogP contribution is 2.17. The number of carbonyl (C=O) groups excluding carboxylic acids is 1. The first kappa shape index (κ1) is 18.7. The molecule has 3 rings (SSSR count). The smallest absolute Gasteiger partial charge is 0.251 e. The Labute approximate surface area is 161 Å². The fourth-order valence-corrected chi connectivity index (χ4v) is 3.01. The zero-order chi connectivity index (χ0) is 19.1. The van der Waals surface area contributed by atoms with Gasteiger partial charge in [0.25, 0.3) is 5.91 Å². The van der Waals surface area contributed by atoms with Gasteiger partial charge in [0.1, 0.15) is 0 Å². The summed E-state index contributed by atoms with van der Waals surface area (Å²) in [7, 11) is 0. The zero-order valence-electron chi connectivity index (χ0n) is 16.0. The molecule has 27 heavy (non-hydrogen) atoms. The summed E-state index contributed by atoms with van der Waals surface area (Å²) in [5.41, 5.74) is 6.53. The summed E-state index contributed by atoms with van der Waals surface area (Å²) < 4.78 is 0. The second kappa shape index (κ2) is 9.04. The number of carbonyl (C=O) groups is 1. The molecular weight excluding hydrogens is 332 g/mol. The van der Waals surface area contributed by atoms with Gasteiger partial charge in [0, 0.05) is 24.3 Å². The van der Waals surface area contributed by atoms with Gasteiger partial charge in [0.2, 0.25) is 0 Å². The Morgan fingerprint density at radius 3 is 2.41 bits per heavy atom. The molecule has 0 saturated heterocycles. The van der Waals surface area contributed by atoms with Crippen LogP contribution in [0.3, 0.4) is 0 Å². The average molecular weight is 358 g/mol. The third-order valence-corrected chi connectivity index (χ3v) is 4.64. The number of amides is 1. The second-order valence-corrected chi connectivity index (χ2v) is 6.73. The molecule has 138 valence electrons. The Bertz CT molecular complexity index is 900. The molecule has 0 aromatic heterocycles. The summed E-state index contributed by atoms with van der Waals surface area (Å²) in [6.45, 7) is 5.43. The van der Waals surface area contributed by atoms with Crippen LogP contribution in [0.25, 0.3) is 0 Å². The van der Waals surface area contributed by atoms with Crippen LogP contribution in [-0.2, 0) is 19.5 Å². The van der Waals surface area contributed by atoms with Gasteiger partial charge in [-0.15, -0.1) is 0 Å². The van der Waals surface area contributed by atoms with Crippen LogP contribution < -0.4 is 10.6 Å². The number of para-hydroxylation sites is 1. The molecule has 0 spiro atoms. The fourth-order valence-electron chi connectivity index (χ4n) is 3.01. The van der Waals surface area contributed by atoms with E-state index in [1.807, 2.05) is 42.5 Å². The van der Waals surface area contributed by atoms with E-state index in [1.165, 1.54) is 11.1 Å². The Morgan fingerprint density at radius 1 is 0.852 bits per heavy atom. The van der Waals surface area contributed by atoms with Gasteiger partial charge in [0.05, 0.1) is 0 Å². The molecule has 0 saturated carbocycles. The summed E-state index contributed by atoms with van der Waals surface area (Å²) >= 11 is 0. The lowest BCUT2D eigenvalue weighted by atomic mass is 10.1. The van der Waals surface area contributed by atoms with Crippen molar-refractivity contribution in [3.8, 4) is 0 Å². The number of aryl methyl sites for hydroxylation is 2. The Kier molecular flexibility index (Phi) is 6.26. The molecule has 0 heterocycles. The third-order valence-electron chi connectivity index (χ3n) is 4.64. The van der Waals surface area contributed by atoms with Crippen LogP contribution in [0.15, 0.2) is 72.8 Å². The van der Waals surface area contributed by atoms with Crippen LogP contribution in [0.2, 0.25) is 0 Å². The van der Waals surface area contributed by atoms with Crippen molar-refractivity contribution in [2.24, 2.45) is 0 Å². The van der Waals surface area contributed by atoms with Crippen molar-refractivity contribution >= 4 is 11.6 Å². The Hall–Kier alpha value is -3.07. The van der Waals surface area contributed by atoms with Gasteiger partial charge < -0.3 is 10.6 Å². The van der Waals surface area contributed by atoms with Crippen LogP contribution in [0.4, 0.5) is 5.69 Å². The number of hydrogen-bond donors (Lipinski definition) is 2. The first-order valence-electron chi connectivity index (χ1n) is 9.40. The van der Waals surface area contributed by atoms with E-state index in [2.05, 4.69) is 54.8 Å². The van der Waals surface area contributed by atoms with Crippen LogP contribution in [0, 0.1) is 6.92 Å². The highest BCUT2D eigenvalue weighted by molar-refractivity contribution is 5.94. The topological polar surface area (TPSA) is 41.1 Å². The van der Waals surface area contributed by atoms with E-state index in [4.69, 9.17) is 0 Å². The van der Waals surface area contributed by atoms with Gasteiger partial charge in [-0.3, -0.25) is 4.79 Å². The predicted molar refractivity (Wildman–Crippen MR) is 112 cm³/mol. The van der Waals surface area contributed by atoms with Gasteiger partial charge in [-0.2, -0.15) is 0 Å². The Balaban J connectivity index is 1.60. The van der Waals surface area contributed by atoms with E-state index >= 15 is 0 Å². The van der Waals surface area contributed by atoms with E-state index in [1.54, 1.807) is 0 Å². The molecule has 3 nitrogen and oxygen atoms in total. The van der Waals surface area contributed by atoms with Crippen molar-refractivity contribution in [3.05, 3.63) is 101 Å². The Morgan fingerprint density at radius 2 is 1.63 bits per heavy atom. The van der Waals surface area contributed by atoms with Gasteiger partial charge in [0.15, 0.2) is 0 Å². The molecule has 0 bridgehead atoms. The SMILES string of the molecule is CCc1ccccc1NCc1cccc(C(=O)NCc2ccc(C)cc2)c1. The first-order chi connectivity index (χ1) is 13.2. The maximum absolute atomic E-state index is 12.5. The lowest BCUT2D eigenvalue weighted by Gasteiger charge is -2.12. The summed E-state index contributed by atoms with van der Waals surface area (Å²) in [5.74, 6) is -0.0496. The van der Waals surface area contributed by atoms with Crippen molar-refractivity contribution in [2.45, 2.75) is 33.4 Å². The van der Waals surface area contributed by atoms with E-state index in [-0.39, 0.29) is 5.91 Å². The van der Waals surface area contributed by atoms with Gasteiger partial charge in [-0.05, 0) is 48.2 Å². The molecular formula is C24H26N2O. The molecule has 0 fully saturated rings. The average Bonchev–Trinajstić information content (AvgIpc) is 2.72. The standard InChI is InChI=1S/C24H26N2O/c1-3-21-8-4-5-10-23(21)25-17-20-7-6-9-22(15-20)24(27)26-16-19-13-11-18(2)12-14-19/h4-15,25H,3,16-17H2,1-2H3,(H,26,27). The zero-order valence-corrected chi connectivity index (χ0v) is 16.0. The number of nitrogens with one attached hydrogen (secondary N) is 2. The van der Waals surface area contributed by atoms with Crippen LogP contribution in [-0.4, -0.2) is 5.91 Å². The first-order valence-corrected chi connectivity index (χ1v) is 9.40. The molecule has 0 aliphatic rings. The molecule has 2 N–H and O–H groups in total. The minimum absolute atomic E-state index is 0.0496. The summed E-state index contributed by atoms with van der Waals surface area (Å²) in [6.07, 6.45) is 0.991. The van der Waals surface area contributed by atoms with E-state index in [9.17, 15) is 4.79 Å². The van der Waals surface area contributed by atoms with Gasteiger partial charge >= 0.3 is 0 Å². The van der Waals surface area contributed by atoms with Crippen molar-refractivity contribution < 1.29 is 4.79 Å². The summed E-state index contributed by atoms with van der Waals surface area (Å²) in [4.78, 5) is 12.5. The monoisotopic (exact) mass is 358 g/mol. The highest BCUT2D eigenvalue weighted by atomic mass is 16.1. The molecule has 0 aliphatic carbocycles. The quantitative estimate of drug-likeness (QED) is 0.617. The molecule has 3 heteroatoms. The minimum Gasteiger partial charge on any atom is -0.381 e. The molecule has 3 aromatic rings. The number of anilines is 1. The lowest BCUT2D eigenvalue weighted by Crippen LogP contribution is -2.22. The van der Waals surface area contributed by atoms with Gasteiger partial charge in [-0.1, -0.05) is 67.1 Å². The van der Waals surface area contributed by atoms with Crippen molar-refractivity contribution in [1.82, 2.24) is 5.32 Å². The van der Waals surface area contributed by atoms with Crippen LogP contribution >= 0.6 is 0 Å².